The number of benzene rings is 1. The molecule has 1 aromatic rings. The second kappa shape index (κ2) is 8.87. The van der Waals surface area contributed by atoms with Crippen LogP contribution in [0.4, 0.5) is 0 Å². The van der Waals surface area contributed by atoms with E-state index < -0.39 is 10.0 Å². The summed E-state index contributed by atoms with van der Waals surface area (Å²) in [5, 5.41) is 0. The number of nitrogens with two attached hydrogens (primary N) is 1. The number of methoxy groups -OCH3 is 3. The van der Waals surface area contributed by atoms with Crippen LogP contribution in [0.3, 0.4) is 0 Å². The van der Waals surface area contributed by atoms with Crippen molar-refractivity contribution in [3.05, 3.63) is 18.2 Å². The minimum atomic E-state index is -3.65. The van der Waals surface area contributed by atoms with Crippen LogP contribution < -0.4 is 15.2 Å². The van der Waals surface area contributed by atoms with Crippen molar-refractivity contribution < 1.29 is 22.6 Å². The number of rotatable bonds is 6. The number of ether oxygens (including phenoxy) is 3. The topological polar surface area (TPSA) is 91.1 Å². The molecule has 0 bridgehead atoms. The highest BCUT2D eigenvalue weighted by Gasteiger charge is 2.36. The molecule has 1 aliphatic heterocycles. The second-order valence-electron chi connectivity index (χ2n) is 5.40. The second-order valence-corrected chi connectivity index (χ2v) is 7.29. The summed E-state index contributed by atoms with van der Waals surface area (Å²) >= 11 is 0. The highest BCUT2D eigenvalue weighted by molar-refractivity contribution is 7.89. The monoisotopic (exact) mass is 380 g/mol. The smallest absolute Gasteiger partial charge is 0.243 e. The molecular weight excluding hydrogens is 356 g/mol. The van der Waals surface area contributed by atoms with Gasteiger partial charge < -0.3 is 19.9 Å². The lowest BCUT2D eigenvalue weighted by Gasteiger charge is -2.37. The summed E-state index contributed by atoms with van der Waals surface area (Å²) in [6, 6.07) is 4.31. The van der Waals surface area contributed by atoms with Gasteiger partial charge in [0.2, 0.25) is 10.0 Å². The molecule has 2 rings (SSSR count). The average Bonchev–Trinajstić information content (AvgIpc) is 2.60. The van der Waals surface area contributed by atoms with Crippen LogP contribution in [-0.2, 0) is 14.8 Å². The quantitative estimate of drug-likeness (QED) is 0.798. The molecule has 0 radical (unpaired) electrons. The molecule has 7 nitrogen and oxygen atoms in total. The van der Waals surface area contributed by atoms with E-state index in [9.17, 15) is 8.42 Å². The fraction of sp³-hybridized carbons (Fsp3) is 0.600. The van der Waals surface area contributed by atoms with Crippen molar-refractivity contribution in [3.63, 3.8) is 0 Å². The van der Waals surface area contributed by atoms with Gasteiger partial charge in [0.1, 0.15) is 0 Å². The summed E-state index contributed by atoms with van der Waals surface area (Å²) in [4.78, 5) is 0.171. The fourth-order valence-corrected chi connectivity index (χ4v) is 4.53. The van der Waals surface area contributed by atoms with Crippen LogP contribution in [0.2, 0.25) is 0 Å². The summed E-state index contributed by atoms with van der Waals surface area (Å²) in [6.07, 6.45) is 1.29. The SMILES string of the molecule is COc1ccc(S(=O)(=O)N2CCC(OC)CC2CN)cc1OC.Cl. The van der Waals surface area contributed by atoms with Crippen LogP contribution in [0.1, 0.15) is 12.8 Å². The Morgan fingerprint density at radius 3 is 2.42 bits per heavy atom. The molecule has 9 heteroatoms. The molecule has 1 saturated heterocycles. The summed E-state index contributed by atoms with van der Waals surface area (Å²) in [7, 11) is 0.965. The Balaban J connectivity index is 0.00000288. The third-order valence-electron chi connectivity index (χ3n) is 4.18. The molecular formula is C15H25ClN2O5S. The Bertz CT molecular complexity index is 641. The molecule has 2 atom stereocenters. The standard InChI is InChI=1S/C15H24N2O5S.ClH/c1-20-12-6-7-17(11(8-12)10-16)23(18,19)13-4-5-14(21-2)15(9-13)22-3;/h4-5,9,11-12H,6-8,10,16H2,1-3H3;1H. The van der Waals surface area contributed by atoms with E-state index in [0.29, 0.717) is 30.9 Å². The van der Waals surface area contributed by atoms with Crippen LogP contribution in [0, 0.1) is 0 Å². The fourth-order valence-electron chi connectivity index (χ4n) is 2.85. The van der Waals surface area contributed by atoms with Gasteiger partial charge in [-0.1, -0.05) is 0 Å². The first-order valence-electron chi connectivity index (χ1n) is 7.44. The highest BCUT2D eigenvalue weighted by Crippen LogP contribution is 2.32. The Labute approximate surface area is 149 Å². The van der Waals surface area contributed by atoms with Gasteiger partial charge in [-0.05, 0) is 25.0 Å². The third kappa shape index (κ3) is 4.12. The van der Waals surface area contributed by atoms with Crippen LogP contribution >= 0.6 is 12.4 Å². The largest absolute Gasteiger partial charge is 0.493 e. The van der Waals surface area contributed by atoms with E-state index in [2.05, 4.69) is 0 Å². The van der Waals surface area contributed by atoms with Crippen molar-refractivity contribution >= 4 is 22.4 Å². The summed E-state index contributed by atoms with van der Waals surface area (Å²) < 4.78 is 43.1. The molecule has 0 saturated carbocycles. The molecule has 0 amide bonds. The summed E-state index contributed by atoms with van der Waals surface area (Å²) in [6.45, 7) is 0.642. The predicted molar refractivity (Wildman–Crippen MR) is 93.6 cm³/mol. The van der Waals surface area contributed by atoms with Gasteiger partial charge in [-0.25, -0.2) is 8.42 Å². The zero-order valence-corrected chi connectivity index (χ0v) is 15.7. The van der Waals surface area contributed by atoms with E-state index in [4.69, 9.17) is 19.9 Å². The van der Waals surface area contributed by atoms with Crippen molar-refractivity contribution in [1.29, 1.82) is 0 Å². The van der Waals surface area contributed by atoms with E-state index >= 15 is 0 Å². The number of halogens is 1. The lowest BCUT2D eigenvalue weighted by atomic mass is 10.0. The van der Waals surface area contributed by atoms with Gasteiger partial charge in [-0.15, -0.1) is 12.4 Å². The maximum absolute atomic E-state index is 13.0. The van der Waals surface area contributed by atoms with Gasteiger partial charge in [0.05, 0.1) is 25.2 Å². The molecule has 0 aromatic heterocycles. The van der Waals surface area contributed by atoms with E-state index in [0.717, 1.165) is 0 Å². The van der Waals surface area contributed by atoms with Crippen LogP contribution in [-0.4, -0.2) is 59.3 Å². The number of nitrogens with zero attached hydrogens (tertiary/aromatic N) is 1. The van der Waals surface area contributed by atoms with Crippen molar-refractivity contribution in [3.8, 4) is 11.5 Å². The first-order valence-corrected chi connectivity index (χ1v) is 8.88. The normalized spacial score (nSPS) is 21.8. The Hall–Kier alpha value is -1.06. The third-order valence-corrected chi connectivity index (χ3v) is 6.13. The molecule has 2 N–H and O–H groups in total. The predicted octanol–water partition coefficient (Wildman–Crippen LogP) is 1.25. The molecule has 0 spiro atoms. The molecule has 138 valence electrons. The lowest BCUT2D eigenvalue weighted by molar-refractivity contribution is 0.0401. The zero-order chi connectivity index (χ0) is 17.0. The highest BCUT2D eigenvalue weighted by atomic mass is 35.5. The zero-order valence-electron chi connectivity index (χ0n) is 14.1. The van der Waals surface area contributed by atoms with Crippen molar-refractivity contribution in [2.24, 2.45) is 5.73 Å². The van der Waals surface area contributed by atoms with Crippen LogP contribution in [0.5, 0.6) is 11.5 Å². The van der Waals surface area contributed by atoms with Crippen molar-refractivity contribution in [1.82, 2.24) is 4.31 Å². The maximum atomic E-state index is 13.0. The van der Waals surface area contributed by atoms with E-state index in [1.54, 1.807) is 13.2 Å². The number of sulfonamides is 1. The van der Waals surface area contributed by atoms with Crippen LogP contribution in [0.25, 0.3) is 0 Å². The van der Waals surface area contributed by atoms with Crippen molar-refractivity contribution in [2.75, 3.05) is 34.4 Å². The van der Waals surface area contributed by atoms with Gasteiger partial charge in [0, 0.05) is 32.3 Å². The van der Waals surface area contributed by atoms with Gasteiger partial charge in [0.15, 0.2) is 11.5 Å². The van der Waals surface area contributed by atoms with E-state index in [1.807, 2.05) is 0 Å². The van der Waals surface area contributed by atoms with Gasteiger partial charge >= 0.3 is 0 Å². The number of piperidine rings is 1. The molecule has 0 aliphatic carbocycles. The van der Waals surface area contributed by atoms with Gasteiger partial charge in [0.25, 0.3) is 0 Å². The van der Waals surface area contributed by atoms with Crippen LogP contribution in [0.15, 0.2) is 23.1 Å². The molecule has 1 fully saturated rings. The maximum Gasteiger partial charge on any atom is 0.243 e. The molecule has 1 aliphatic rings. The number of hydrogen-bond donors (Lipinski definition) is 1. The van der Waals surface area contributed by atoms with E-state index in [1.165, 1.54) is 30.7 Å². The Morgan fingerprint density at radius 2 is 1.88 bits per heavy atom. The first kappa shape index (κ1) is 21.0. The molecule has 24 heavy (non-hydrogen) atoms. The molecule has 1 aromatic carbocycles. The lowest BCUT2D eigenvalue weighted by Crippen LogP contribution is -2.51. The average molecular weight is 381 g/mol. The summed E-state index contributed by atoms with van der Waals surface area (Å²) in [5.41, 5.74) is 5.78. The van der Waals surface area contributed by atoms with Crippen molar-refractivity contribution in [2.45, 2.75) is 29.9 Å². The first-order chi connectivity index (χ1) is 11.0. The molecule has 2 unspecified atom stereocenters. The Morgan fingerprint density at radius 1 is 1.21 bits per heavy atom. The number of hydrogen-bond acceptors (Lipinski definition) is 6. The minimum Gasteiger partial charge on any atom is -0.493 e. The molecule has 1 heterocycles. The van der Waals surface area contributed by atoms with Gasteiger partial charge in [-0.2, -0.15) is 4.31 Å². The van der Waals surface area contributed by atoms with Gasteiger partial charge in [-0.3, -0.25) is 0 Å². The Kier molecular flexibility index (Phi) is 7.75. The minimum absolute atomic E-state index is 0. The van der Waals surface area contributed by atoms with E-state index in [-0.39, 0.29) is 36.0 Å². The summed E-state index contributed by atoms with van der Waals surface area (Å²) in [5.74, 6) is 0.865.